The number of ether oxygens (including phenoxy) is 1. The summed E-state index contributed by atoms with van der Waals surface area (Å²) < 4.78 is 18.8. The highest BCUT2D eigenvalue weighted by molar-refractivity contribution is 6.32. The molecule has 17 heavy (non-hydrogen) atoms. The monoisotopic (exact) mass is 259 g/mol. The molecule has 1 heterocycles. The van der Waals surface area contributed by atoms with Crippen LogP contribution in [0.25, 0.3) is 0 Å². The van der Waals surface area contributed by atoms with E-state index in [1.54, 1.807) is 6.07 Å². The molecular weight excluding hydrogens is 245 g/mol. The highest BCUT2D eigenvalue weighted by atomic mass is 35.5. The Labute approximate surface area is 105 Å². The van der Waals surface area contributed by atoms with Gasteiger partial charge in [0.05, 0.1) is 12.1 Å². The van der Waals surface area contributed by atoms with Crippen molar-refractivity contribution >= 4 is 11.6 Å². The van der Waals surface area contributed by atoms with Gasteiger partial charge in [0.25, 0.3) is 0 Å². The van der Waals surface area contributed by atoms with Gasteiger partial charge in [-0.1, -0.05) is 11.6 Å². The van der Waals surface area contributed by atoms with Crippen molar-refractivity contribution in [2.75, 3.05) is 20.2 Å². The molecule has 0 aliphatic carbocycles. The van der Waals surface area contributed by atoms with Crippen LogP contribution in [0.1, 0.15) is 24.3 Å². The normalized spacial score (nSPS) is 20.3. The van der Waals surface area contributed by atoms with E-state index in [2.05, 4.69) is 5.32 Å². The van der Waals surface area contributed by atoms with Crippen LogP contribution in [0.4, 0.5) is 4.39 Å². The Morgan fingerprint density at radius 1 is 1.59 bits per heavy atom. The number of methoxy groups -OCH3 is 1. The molecule has 1 aliphatic rings. The predicted molar refractivity (Wildman–Crippen MR) is 64.5 cm³/mol. The van der Waals surface area contributed by atoms with Gasteiger partial charge in [-0.05, 0) is 25.5 Å². The fraction of sp³-hybridized carbons (Fsp3) is 0.500. The second-order valence-corrected chi connectivity index (χ2v) is 4.59. The molecule has 0 radical (unpaired) electrons. The number of phenolic OH excluding ortho intramolecular Hbond substituents is 1. The van der Waals surface area contributed by atoms with E-state index in [0.29, 0.717) is 0 Å². The second-order valence-electron chi connectivity index (χ2n) is 4.19. The maximum absolute atomic E-state index is 13.8. The molecule has 3 nitrogen and oxygen atoms in total. The van der Waals surface area contributed by atoms with Gasteiger partial charge in [-0.25, -0.2) is 0 Å². The van der Waals surface area contributed by atoms with Crippen LogP contribution in [-0.2, 0) is 0 Å². The highest BCUT2D eigenvalue weighted by Crippen LogP contribution is 2.40. The third-order valence-electron chi connectivity index (χ3n) is 3.12. The summed E-state index contributed by atoms with van der Waals surface area (Å²) in [4.78, 5) is 0. The molecule has 1 saturated heterocycles. The number of hydrogen-bond donors (Lipinski definition) is 2. The van der Waals surface area contributed by atoms with Crippen LogP contribution in [0.3, 0.4) is 0 Å². The van der Waals surface area contributed by atoms with E-state index in [0.717, 1.165) is 31.5 Å². The summed E-state index contributed by atoms with van der Waals surface area (Å²) in [7, 11) is 1.39. The minimum absolute atomic E-state index is 0.0314. The Balaban J connectivity index is 2.44. The average Bonchev–Trinajstić information content (AvgIpc) is 2.36. The zero-order valence-electron chi connectivity index (χ0n) is 9.59. The van der Waals surface area contributed by atoms with Crippen LogP contribution >= 0.6 is 11.6 Å². The first kappa shape index (κ1) is 12.5. The number of phenols is 1. The van der Waals surface area contributed by atoms with E-state index < -0.39 is 11.6 Å². The van der Waals surface area contributed by atoms with Crippen molar-refractivity contribution in [1.82, 2.24) is 5.32 Å². The molecule has 2 N–H and O–H groups in total. The topological polar surface area (TPSA) is 41.5 Å². The lowest BCUT2D eigenvalue weighted by Crippen LogP contribution is -2.28. The summed E-state index contributed by atoms with van der Waals surface area (Å²) in [5, 5.41) is 12.7. The first-order valence-electron chi connectivity index (χ1n) is 5.60. The van der Waals surface area contributed by atoms with Crippen LogP contribution < -0.4 is 10.1 Å². The second kappa shape index (κ2) is 5.10. The molecular formula is C12H15ClFNO2. The highest BCUT2D eigenvalue weighted by Gasteiger charge is 2.24. The van der Waals surface area contributed by atoms with Crippen LogP contribution in [0.15, 0.2) is 6.07 Å². The molecule has 1 fully saturated rings. The summed E-state index contributed by atoms with van der Waals surface area (Å²) >= 11 is 5.80. The number of benzene rings is 1. The zero-order chi connectivity index (χ0) is 12.4. The Bertz CT molecular complexity index is 419. The Morgan fingerprint density at radius 3 is 2.94 bits per heavy atom. The number of nitrogens with one attached hydrogen (secondary N) is 1. The molecule has 1 aromatic carbocycles. The van der Waals surface area contributed by atoms with E-state index >= 15 is 0 Å². The van der Waals surface area contributed by atoms with Gasteiger partial charge in [0.15, 0.2) is 11.5 Å². The zero-order valence-corrected chi connectivity index (χ0v) is 10.4. The molecule has 94 valence electrons. The predicted octanol–water partition coefficient (Wildman–Crippen LogP) is 2.66. The maximum atomic E-state index is 13.8. The molecule has 0 spiro atoms. The van der Waals surface area contributed by atoms with Crippen molar-refractivity contribution in [3.8, 4) is 11.5 Å². The van der Waals surface area contributed by atoms with Gasteiger partial charge in [0.2, 0.25) is 5.82 Å². The van der Waals surface area contributed by atoms with Gasteiger partial charge in [0.1, 0.15) is 0 Å². The van der Waals surface area contributed by atoms with Crippen LogP contribution in [0.2, 0.25) is 5.02 Å². The SMILES string of the molecule is COc1c(C2CCCNC2)cc(Cl)c(O)c1F. The van der Waals surface area contributed by atoms with Gasteiger partial charge in [0, 0.05) is 18.0 Å². The smallest absolute Gasteiger partial charge is 0.208 e. The molecule has 1 aliphatic heterocycles. The van der Waals surface area contributed by atoms with Crippen molar-refractivity contribution in [1.29, 1.82) is 0 Å². The number of hydrogen-bond acceptors (Lipinski definition) is 3. The van der Waals surface area contributed by atoms with Gasteiger partial charge in [-0.3, -0.25) is 0 Å². The third kappa shape index (κ3) is 2.33. The molecule has 1 unspecified atom stereocenters. The van der Waals surface area contributed by atoms with E-state index in [4.69, 9.17) is 16.3 Å². The molecule has 1 aromatic rings. The Kier molecular flexibility index (Phi) is 3.74. The van der Waals surface area contributed by atoms with E-state index in [-0.39, 0.29) is 16.7 Å². The van der Waals surface area contributed by atoms with Crippen LogP contribution in [0.5, 0.6) is 11.5 Å². The summed E-state index contributed by atoms with van der Waals surface area (Å²) in [5.41, 5.74) is 0.722. The number of aromatic hydroxyl groups is 1. The Hall–Kier alpha value is -1.00. The van der Waals surface area contributed by atoms with Gasteiger partial charge >= 0.3 is 0 Å². The van der Waals surface area contributed by atoms with Crippen LogP contribution in [-0.4, -0.2) is 25.3 Å². The van der Waals surface area contributed by atoms with Gasteiger partial charge < -0.3 is 15.2 Å². The van der Waals surface area contributed by atoms with E-state index in [1.165, 1.54) is 7.11 Å². The third-order valence-corrected chi connectivity index (χ3v) is 3.41. The first-order valence-corrected chi connectivity index (χ1v) is 5.98. The summed E-state index contributed by atoms with van der Waals surface area (Å²) in [6.07, 6.45) is 2.00. The summed E-state index contributed by atoms with van der Waals surface area (Å²) in [6, 6.07) is 1.59. The molecule has 1 atom stereocenters. The number of rotatable bonds is 2. The average molecular weight is 260 g/mol. The van der Waals surface area contributed by atoms with Crippen molar-refractivity contribution < 1.29 is 14.2 Å². The van der Waals surface area contributed by atoms with Crippen molar-refractivity contribution in [3.05, 3.63) is 22.5 Å². The molecule has 0 bridgehead atoms. The van der Waals surface area contributed by atoms with E-state index in [9.17, 15) is 9.50 Å². The summed E-state index contributed by atoms with van der Waals surface area (Å²) in [6.45, 7) is 1.75. The molecule has 0 amide bonds. The number of piperidine rings is 1. The lowest BCUT2D eigenvalue weighted by atomic mass is 9.90. The van der Waals surface area contributed by atoms with E-state index in [1.807, 2.05) is 0 Å². The van der Waals surface area contributed by atoms with Crippen molar-refractivity contribution in [2.24, 2.45) is 0 Å². The number of halogens is 2. The quantitative estimate of drug-likeness (QED) is 0.858. The lowest BCUT2D eigenvalue weighted by molar-refractivity contribution is 0.351. The molecule has 5 heteroatoms. The van der Waals surface area contributed by atoms with Gasteiger partial charge in [-0.2, -0.15) is 4.39 Å². The Morgan fingerprint density at radius 2 is 2.35 bits per heavy atom. The van der Waals surface area contributed by atoms with Crippen molar-refractivity contribution in [2.45, 2.75) is 18.8 Å². The molecule has 0 aromatic heterocycles. The fourth-order valence-electron chi connectivity index (χ4n) is 2.24. The molecule has 0 saturated carbocycles. The van der Waals surface area contributed by atoms with Crippen LogP contribution in [0, 0.1) is 5.82 Å². The van der Waals surface area contributed by atoms with Crippen molar-refractivity contribution in [3.63, 3.8) is 0 Å². The maximum Gasteiger partial charge on any atom is 0.208 e. The summed E-state index contributed by atoms with van der Waals surface area (Å²) in [5.74, 6) is -1.05. The first-order chi connectivity index (χ1) is 8.15. The van der Waals surface area contributed by atoms with Gasteiger partial charge in [-0.15, -0.1) is 0 Å². The standard InChI is InChI=1S/C12H15ClFNO2/c1-17-12-8(7-3-2-4-15-6-7)5-9(13)11(16)10(12)14/h5,7,15-16H,2-4,6H2,1H3. The fourth-order valence-corrected chi connectivity index (χ4v) is 2.44. The minimum Gasteiger partial charge on any atom is -0.504 e. The lowest BCUT2D eigenvalue weighted by Gasteiger charge is -2.25. The molecule has 2 rings (SSSR count). The largest absolute Gasteiger partial charge is 0.504 e. The minimum atomic E-state index is -0.777.